The zero-order valence-electron chi connectivity index (χ0n) is 16.0. The van der Waals surface area contributed by atoms with Crippen molar-refractivity contribution in [3.05, 3.63) is 130 Å². The van der Waals surface area contributed by atoms with Crippen LogP contribution in [0.2, 0.25) is 0 Å². The molecule has 0 unspecified atom stereocenters. The van der Waals surface area contributed by atoms with Crippen molar-refractivity contribution in [1.29, 1.82) is 0 Å². The Balaban J connectivity index is 1.73. The summed E-state index contributed by atoms with van der Waals surface area (Å²) in [4.78, 5) is 10.5. The lowest BCUT2D eigenvalue weighted by Gasteiger charge is -2.27. The minimum Gasteiger partial charge on any atom is -0.258 e. The summed E-state index contributed by atoms with van der Waals surface area (Å²) in [5.74, 6) is 0. The highest BCUT2D eigenvalue weighted by molar-refractivity contribution is 5.83. The van der Waals surface area contributed by atoms with Crippen LogP contribution < -0.4 is 0 Å². The maximum Gasteiger partial charge on any atom is 0.269 e. The Morgan fingerprint density at radius 3 is 1.77 bits per heavy atom. The zero-order chi connectivity index (χ0) is 20.6. The Bertz CT molecular complexity index is 1220. The van der Waals surface area contributed by atoms with E-state index in [1.807, 2.05) is 42.5 Å². The molecule has 5 heteroatoms. The maximum absolute atomic E-state index is 10.9. The summed E-state index contributed by atoms with van der Waals surface area (Å²) in [6, 6.07) is 32.8. The van der Waals surface area contributed by atoms with Gasteiger partial charge in [0.05, 0.1) is 10.6 Å². The van der Waals surface area contributed by atoms with Crippen LogP contribution in [0, 0.1) is 10.1 Å². The van der Waals surface area contributed by atoms with Crippen molar-refractivity contribution in [2.75, 3.05) is 0 Å². The quantitative estimate of drug-likeness (QED) is 0.222. The summed E-state index contributed by atoms with van der Waals surface area (Å²) in [7, 11) is 0. The molecule has 0 radical (unpaired) electrons. The predicted molar refractivity (Wildman–Crippen MR) is 116 cm³/mol. The number of hydrogen-bond acceptors (Lipinski definition) is 4. The molecule has 0 saturated heterocycles. The van der Waals surface area contributed by atoms with E-state index in [-0.39, 0.29) is 5.69 Å². The van der Waals surface area contributed by atoms with Gasteiger partial charge in [-0.15, -0.1) is 0 Å². The lowest BCUT2D eigenvalue weighted by atomic mass is 9.81. The van der Waals surface area contributed by atoms with E-state index >= 15 is 0 Å². The number of azo groups is 1. The van der Waals surface area contributed by atoms with Crippen molar-refractivity contribution < 1.29 is 4.92 Å². The Labute approximate surface area is 173 Å². The molecular weight excluding hydrogens is 374 g/mol. The Morgan fingerprint density at radius 1 is 0.667 bits per heavy atom. The highest BCUT2D eigenvalue weighted by Gasteiger charge is 2.45. The number of rotatable bonds is 4. The van der Waals surface area contributed by atoms with Crippen LogP contribution in [0.15, 0.2) is 113 Å². The van der Waals surface area contributed by atoms with E-state index in [0.29, 0.717) is 5.69 Å². The second-order valence-electron chi connectivity index (χ2n) is 7.14. The Morgan fingerprint density at radius 2 is 1.20 bits per heavy atom. The van der Waals surface area contributed by atoms with Crippen molar-refractivity contribution in [1.82, 2.24) is 0 Å². The third-order valence-electron chi connectivity index (χ3n) is 5.49. The molecule has 0 fully saturated rings. The monoisotopic (exact) mass is 391 g/mol. The molecule has 4 aromatic carbocycles. The van der Waals surface area contributed by atoms with E-state index in [4.69, 9.17) is 5.11 Å². The van der Waals surface area contributed by atoms with E-state index < -0.39 is 10.5 Å². The van der Waals surface area contributed by atoms with E-state index in [9.17, 15) is 10.1 Å². The van der Waals surface area contributed by atoms with Gasteiger partial charge in [-0.05, 0) is 39.9 Å². The van der Waals surface area contributed by atoms with Crippen molar-refractivity contribution in [3.63, 3.8) is 0 Å². The summed E-state index contributed by atoms with van der Waals surface area (Å²) in [6.45, 7) is 0. The number of nitrogens with zero attached hydrogens (tertiary/aromatic N) is 3. The lowest BCUT2D eigenvalue weighted by molar-refractivity contribution is -0.384. The summed E-state index contributed by atoms with van der Waals surface area (Å²) >= 11 is 0. The fourth-order valence-electron chi connectivity index (χ4n) is 4.14. The number of non-ortho nitro benzene ring substituents is 1. The van der Waals surface area contributed by atoms with Gasteiger partial charge in [0.1, 0.15) is 0 Å². The van der Waals surface area contributed by atoms with E-state index in [0.717, 1.165) is 27.8 Å². The molecule has 5 rings (SSSR count). The highest BCUT2D eigenvalue weighted by atomic mass is 16.6. The van der Waals surface area contributed by atoms with Crippen molar-refractivity contribution in [2.24, 2.45) is 10.2 Å². The van der Waals surface area contributed by atoms with E-state index in [2.05, 4.69) is 41.5 Å². The number of nitro groups is 1. The molecule has 0 spiro atoms. The van der Waals surface area contributed by atoms with Crippen LogP contribution in [0.5, 0.6) is 0 Å². The second kappa shape index (κ2) is 7.04. The molecule has 4 aromatic rings. The average molecular weight is 391 g/mol. The molecule has 5 nitrogen and oxygen atoms in total. The molecule has 0 bridgehead atoms. The molecule has 144 valence electrons. The first kappa shape index (κ1) is 17.9. The topological polar surface area (TPSA) is 67.9 Å². The van der Waals surface area contributed by atoms with Crippen LogP contribution in [-0.4, -0.2) is 4.92 Å². The molecule has 1 aliphatic rings. The number of benzene rings is 4. The van der Waals surface area contributed by atoms with Crippen LogP contribution >= 0.6 is 0 Å². The minimum atomic E-state index is -0.782. The fourth-order valence-corrected chi connectivity index (χ4v) is 4.14. The third kappa shape index (κ3) is 2.71. The van der Waals surface area contributed by atoms with E-state index in [1.54, 1.807) is 12.1 Å². The first-order valence-corrected chi connectivity index (χ1v) is 9.62. The third-order valence-corrected chi connectivity index (χ3v) is 5.49. The van der Waals surface area contributed by atoms with Gasteiger partial charge in [-0.25, -0.2) is 0 Å². The van der Waals surface area contributed by atoms with Gasteiger partial charge in [0, 0.05) is 12.1 Å². The van der Waals surface area contributed by atoms with Crippen LogP contribution in [-0.2, 0) is 5.54 Å². The highest BCUT2D eigenvalue weighted by Crippen LogP contribution is 2.53. The summed E-state index contributed by atoms with van der Waals surface area (Å²) in [5.41, 5.74) is 5.26. The average Bonchev–Trinajstić information content (AvgIpc) is 3.09. The maximum atomic E-state index is 10.9. The molecule has 1 aliphatic carbocycles. The largest absolute Gasteiger partial charge is 0.269 e. The summed E-state index contributed by atoms with van der Waals surface area (Å²) < 4.78 is 0. The van der Waals surface area contributed by atoms with Crippen LogP contribution in [0.3, 0.4) is 0 Å². The first-order chi connectivity index (χ1) is 14.7. The zero-order valence-corrected chi connectivity index (χ0v) is 16.0. The Hall–Kier alpha value is -4.12. The van der Waals surface area contributed by atoms with Gasteiger partial charge in [-0.1, -0.05) is 78.9 Å². The van der Waals surface area contributed by atoms with Gasteiger partial charge in [0.2, 0.25) is 0 Å². The summed E-state index contributed by atoms with van der Waals surface area (Å²) in [5, 5.41) is 20.4. The van der Waals surface area contributed by atoms with Gasteiger partial charge in [0.15, 0.2) is 5.54 Å². The Kier molecular flexibility index (Phi) is 4.21. The predicted octanol–water partition coefficient (Wildman–Crippen LogP) is 6.65. The van der Waals surface area contributed by atoms with Gasteiger partial charge in [-0.3, -0.25) is 10.1 Å². The first-order valence-electron chi connectivity index (χ1n) is 9.62. The van der Waals surface area contributed by atoms with Gasteiger partial charge >= 0.3 is 0 Å². The SMILES string of the molecule is O=[N+]([O-])c1ccc(/N=N/C2(c3ccccc3)c3ccccc3-c3ccccc32)cc1. The molecule has 0 N–H and O–H groups in total. The smallest absolute Gasteiger partial charge is 0.258 e. The minimum absolute atomic E-state index is 0.0308. The molecule has 30 heavy (non-hydrogen) atoms. The van der Waals surface area contributed by atoms with Crippen molar-refractivity contribution >= 4 is 11.4 Å². The van der Waals surface area contributed by atoms with Crippen LogP contribution in [0.1, 0.15) is 16.7 Å². The summed E-state index contributed by atoms with van der Waals surface area (Å²) in [6.07, 6.45) is 0. The van der Waals surface area contributed by atoms with Gasteiger partial charge in [0.25, 0.3) is 5.69 Å². The molecule has 0 amide bonds. The molecular formula is C25H17N3O2. The van der Waals surface area contributed by atoms with Crippen LogP contribution in [0.25, 0.3) is 11.1 Å². The second-order valence-corrected chi connectivity index (χ2v) is 7.14. The van der Waals surface area contributed by atoms with Gasteiger partial charge < -0.3 is 0 Å². The normalized spacial score (nSPS) is 13.7. The fraction of sp³-hybridized carbons (Fsp3) is 0.0400. The molecule has 0 saturated carbocycles. The molecule has 0 heterocycles. The molecule has 0 atom stereocenters. The van der Waals surface area contributed by atoms with Crippen molar-refractivity contribution in [3.8, 4) is 11.1 Å². The molecule has 0 aliphatic heterocycles. The van der Waals surface area contributed by atoms with Crippen molar-refractivity contribution in [2.45, 2.75) is 5.54 Å². The number of nitro benzene ring substituents is 1. The molecule has 0 aromatic heterocycles. The van der Waals surface area contributed by atoms with Gasteiger partial charge in [-0.2, -0.15) is 10.2 Å². The standard InChI is InChI=1S/C25H17N3O2/c29-28(30)20-16-14-19(15-17-20)26-27-25(18-8-2-1-3-9-18)23-12-6-4-10-21(23)22-11-5-7-13-24(22)25/h1-17H/b27-26+. The lowest BCUT2D eigenvalue weighted by Crippen LogP contribution is -2.23. The van der Waals surface area contributed by atoms with E-state index in [1.165, 1.54) is 12.1 Å². The van der Waals surface area contributed by atoms with Crippen LogP contribution in [0.4, 0.5) is 11.4 Å². The number of hydrogen-bond donors (Lipinski definition) is 0. The number of fused-ring (bicyclic) bond motifs is 3.